The Bertz CT molecular complexity index is 386. The molecule has 0 aromatic carbocycles. The minimum atomic E-state index is -1.18. The molecule has 0 fully saturated rings. The number of rotatable bonds is 2. The maximum atomic E-state index is 11.1. The zero-order valence-electron chi connectivity index (χ0n) is 7.77. The van der Waals surface area contributed by atoms with Crippen LogP contribution < -0.4 is 0 Å². The fourth-order valence-corrected chi connectivity index (χ4v) is 1.08. The van der Waals surface area contributed by atoms with Gasteiger partial charge in [-0.25, -0.2) is 14.6 Å². The molecule has 0 radical (unpaired) electrons. The van der Waals surface area contributed by atoms with Crippen molar-refractivity contribution in [3.8, 4) is 0 Å². The maximum absolute atomic E-state index is 11.1. The Kier molecular flexibility index (Phi) is 2.81. The molecule has 1 aromatic rings. The van der Waals surface area contributed by atoms with Crippen LogP contribution in [-0.2, 0) is 4.74 Å². The number of esters is 1. The van der Waals surface area contributed by atoms with E-state index >= 15 is 0 Å². The quantitative estimate of drug-likeness (QED) is 0.708. The van der Waals surface area contributed by atoms with Gasteiger partial charge in [0.15, 0.2) is 5.69 Å². The van der Waals surface area contributed by atoms with E-state index in [1.165, 1.54) is 19.4 Å². The number of carbonyl (C=O) groups excluding carboxylic acids is 1. The second-order valence-corrected chi connectivity index (χ2v) is 2.65. The fourth-order valence-electron chi connectivity index (χ4n) is 1.08. The van der Waals surface area contributed by atoms with Crippen molar-refractivity contribution in [2.75, 3.05) is 7.11 Å². The number of methoxy groups -OCH3 is 1. The second-order valence-electron chi connectivity index (χ2n) is 2.65. The van der Waals surface area contributed by atoms with Crippen molar-refractivity contribution >= 4 is 11.9 Å². The highest BCUT2D eigenvalue weighted by Crippen LogP contribution is 2.12. The van der Waals surface area contributed by atoms with Crippen LogP contribution in [0, 0.1) is 6.92 Å². The molecule has 0 unspecified atom stereocenters. The van der Waals surface area contributed by atoms with Crippen molar-refractivity contribution in [2.45, 2.75) is 6.92 Å². The third-order valence-corrected chi connectivity index (χ3v) is 1.75. The van der Waals surface area contributed by atoms with Gasteiger partial charge in [0.1, 0.15) is 0 Å². The lowest BCUT2D eigenvalue weighted by atomic mass is 10.1. The topological polar surface area (TPSA) is 76.5 Å². The number of aromatic carboxylic acids is 1. The van der Waals surface area contributed by atoms with Crippen molar-refractivity contribution in [1.29, 1.82) is 0 Å². The first-order valence-corrected chi connectivity index (χ1v) is 3.85. The van der Waals surface area contributed by atoms with E-state index in [-0.39, 0.29) is 11.3 Å². The number of carboxylic acid groups (broad SMARTS) is 1. The molecule has 0 spiro atoms. The van der Waals surface area contributed by atoms with Gasteiger partial charge in [-0.05, 0) is 18.6 Å². The van der Waals surface area contributed by atoms with Gasteiger partial charge in [-0.1, -0.05) is 0 Å². The van der Waals surface area contributed by atoms with E-state index in [1.807, 2.05) is 0 Å². The first kappa shape index (κ1) is 10.2. The number of nitrogens with zero attached hydrogens (tertiary/aromatic N) is 1. The Hall–Kier alpha value is -1.91. The molecule has 0 aliphatic carbocycles. The summed E-state index contributed by atoms with van der Waals surface area (Å²) in [5.41, 5.74) is 0.201. The second kappa shape index (κ2) is 3.87. The fraction of sp³-hybridized carbons (Fsp3) is 0.222. The van der Waals surface area contributed by atoms with E-state index in [1.54, 1.807) is 6.92 Å². The average molecular weight is 195 g/mol. The van der Waals surface area contributed by atoms with Crippen LogP contribution in [0.1, 0.15) is 26.4 Å². The van der Waals surface area contributed by atoms with Crippen LogP contribution in [0.2, 0.25) is 0 Å². The molecule has 1 rings (SSSR count). The van der Waals surface area contributed by atoms with Gasteiger partial charge < -0.3 is 9.84 Å². The van der Waals surface area contributed by atoms with E-state index in [9.17, 15) is 9.59 Å². The molecular formula is C9H9NO4. The molecule has 1 aromatic heterocycles. The number of aryl methyl sites for hydroxylation is 1. The van der Waals surface area contributed by atoms with Crippen molar-refractivity contribution in [2.24, 2.45) is 0 Å². The smallest absolute Gasteiger partial charge is 0.357 e. The summed E-state index contributed by atoms with van der Waals surface area (Å²) < 4.78 is 4.42. The Labute approximate surface area is 80.3 Å². The predicted molar refractivity (Wildman–Crippen MR) is 47.3 cm³/mol. The Morgan fingerprint density at radius 2 is 2.14 bits per heavy atom. The summed E-state index contributed by atoms with van der Waals surface area (Å²) in [4.78, 5) is 25.6. The molecule has 1 heterocycles. The number of ether oxygens (including phenoxy) is 1. The van der Waals surface area contributed by atoms with Crippen molar-refractivity contribution in [3.05, 3.63) is 29.1 Å². The molecule has 5 heteroatoms. The van der Waals surface area contributed by atoms with Crippen LogP contribution in [0.4, 0.5) is 0 Å². The zero-order chi connectivity index (χ0) is 10.7. The third kappa shape index (κ3) is 1.71. The predicted octanol–water partition coefficient (Wildman–Crippen LogP) is 0.875. The normalized spacial score (nSPS) is 9.57. The van der Waals surface area contributed by atoms with Crippen LogP contribution in [0.3, 0.4) is 0 Å². The van der Waals surface area contributed by atoms with Crippen LogP contribution in [0.15, 0.2) is 12.3 Å². The zero-order valence-corrected chi connectivity index (χ0v) is 7.77. The summed E-state index contributed by atoms with van der Waals surface area (Å²) in [6.45, 7) is 1.59. The molecule has 0 bridgehead atoms. The first-order valence-electron chi connectivity index (χ1n) is 3.85. The van der Waals surface area contributed by atoms with E-state index in [2.05, 4.69) is 9.72 Å². The molecule has 14 heavy (non-hydrogen) atoms. The lowest BCUT2D eigenvalue weighted by Gasteiger charge is -2.04. The SMILES string of the molecule is COC(=O)c1nccc(C)c1C(=O)O. The number of hydrogen-bond donors (Lipinski definition) is 1. The molecule has 5 nitrogen and oxygen atoms in total. The molecule has 0 aliphatic heterocycles. The number of carboxylic acids is 1. The van der Waals surface area contributed by atoms with E-state index in [0.29, 0.717) is 5.56 Å². The van der Waals surface area contributed by atoms with E-state index < -0.39 is 11.9 Å². The minimum Gasteiger partial charge on any atom is -0.478 e. The Morgan fingerprint density at radius 3 is 2.64 bits per heavy atom. The van der Waals surface area contributed by atoms with Gasteiger partial charge in [0, 0.05) is 6.20 Å². The Balaban J connectivity index is 3.35. The highest BCUT2D eigenvalue weighted by Gasteiger charge is 2.20. The summed E-state index contributed by atoms with van der Waals surface area (Å²) in [6, 6.07) is 1.52. The molecule has 0 amide bonds. The monoisotopic (exact) mass is 195 g/mol. The molecule has 0 saturated heterocycles. The van der Waals surface area contributed by atoms with Gasteiger partial charge >= 0.3 is 11.9 Å². The molecule has 74 valence electrons. The molecule has 1 N–H and O–H groups in total. The third-order valence-electron chi connectivity index (χ3n) is 1.75. The number of aromatic nitrogens is 1. The van der Waals surface area contributed by atoms with Gasteiger partial charge in [-0.3, -0.25) is 0 Å². The van der Waals surface area contributed by atoms with Crippen molar-refractivity contribution in [1.82, 2.24) is 4.98 Å². The molecular weight excluding hydrogens is 186 g/mol. The Morgan fingerprint density at radius 1 is 1.50 bits per heavy atom. The standard InChI is InChI=1S/C9H9NO4/c1-5-3-4-10-7(9(13)14-2)6(5)8(11)12/h3-4H,1-2H3,(H,11,12). The van der Waals surface area contributed by atoms with Gasteiger partial charge in [0.25, 0.3) is 0 Å². The highest BCUT2D eigenvalue weighted by atomic mass is 16.5. The van der Waals surface area contributed by atoms with Crippen molar-refractivity contribution < 1.29 is 19.4 Å². The lowest BCUT2D eigenvalue weighted by molar-refractivity contribution is 0.0575. The highest BCUT2D eigenvalue weighted by molar-refractivity contribution is 6.01. The molecule has 0 atom stereocenters. The van der Waals surface area contributed by atoms with Crippen LogP contribution in [-0.4, -0.2) is 29.1 Å². The summed E-state index contributed by atoms with van der Waals surface area (Å²) in [7, 11) is 1.18. The summed E-state index contributed by atoms with van der Waals surface area (Å²) in [5, 5.41) is 8.84. The van der Waals surface area contributed by atoms with Gasteiger partial charge in [0.2, 0.25) is 0 Å². The number of pyridine rings is 1. The lowest BCUT2D eigenvalue weighted by Crippen LogP contribution is -2.13. The minimum absolute atomic E-state index is 0.112. The molecule has 0 aliphatic rings. The van der Waals surface area contributed by atoms with Gasteiger partial charge in [0.05, 0.1) is 12.7 Å². The van der Waals surface area contributed by atoms with Crippen LogP contribution >= 0.6 is 0 Å². The molecule has 0 saturated carbocycles. The van der Waals surface area contributed by atoms with Crippen LogP contribution in [0.5, 0.6) is 0 Å². The summed E-state index contributed by atoms with van der Waals surface area (Å²) in [6.07, 6.45) is 1.37. The largest absolute Gasteiger partial charge is 0.478 e. The van der Waals surface area contributed by atoms with Crippen molar-refractivity contribution in [3.63, 3.8) is 0 Å². The van der Waals surface area contributed by atoms with E-state index in [0.717, 1.165) is 0 Å². The average Bonchev–Trinajstić information content (AvgIpc) is 2.15. The van der Waals surface area contributed by atoms with Crippen LogP contribution in [0.25, 0.3) is 0 Å². The summed E-state index contributed by atoms with van der Waals surface area (Å²) in [5.74, 6) is -1.93. The maximum Gasteiger partial charge on any atom is 0.357 e. The number of carbonyl (C=O) groups is 2. The first-order chi connectivity index (χ1) is 6.57. The number of hydrogen-bond acceptors (Lipinski definition) is 4. The summed E-state index contributed by atoms with van der Waals surface area (Å²) >= 11 is 0. The van der Waals surface area contributed by atoms with Gasteiger partial charge in [-0.2, -0.15) is 0 Å². The van der Waals surface area contributed by atoms with E-state index in [4.69, 9.17) is 5.11 Å². The van der Waals surface area contributed by atoms with Gasteiger partial charge in [-0.15, -0.1) is 0 Å².